The number of nitrogens with zero attached hydrogens (tertiary/aromatic N) is 1. The topological polar surface area (TPSA) is 32.7 Å². The van der Waals surface area contributed by atoms with Crippen LogP contribution in [0.4, 0.5) is 0 Å². The Morgan fingerprint density at radius 2 is 1.81 bits per heavy atom. The fraction of sp³-hybridized carbons (Fsp3) is 0.538. The lowest BCUT2D eigenvalue weighted by Gasteiger charge is -2.14. The number of hydrogen-bond acceptors (Lipinski definition) is 3. The maximum Gasteiger partial charge on any atom is 0.119 e. The zero-order chi connectivity index (χ0) is 11.2. The highest BCUT2D eigenvalue weighted by Gasteiger charge is 2.10. The van der Waals surface area contributed by atoms with Crippen LogP contribution < -0.4 is 4.74 Å². The van der Waals surface area contributed by atoms with Crippen LogP contribution >= 0.6 is 0 Å². The number of likely N-dealkylation sites (tertiary alicyclic amines) is 1. The van der Waals surface area contributed by atoms with Gasteiger partial charge in [-0.3, -0.25) is 0 Å². The highest BCUT2D eigenvalue weighted by Crippen LogP contribution is 2.16. The average Bonchev–Trinajstić information content (AvgIpc) is 2.80. The van der Waals surface area contributed by atoms with E-state index in [1.165, 1.54) is 25.9 Å². The molecule has 0 atom stereocenters. The molecule has 0 bridgehead atoms. The lowest BCUT2D eigenvalue weighted by molar-refractivity contribution is 0.263. The summed E-state index contributed by atoms with van der Waals surface area (Å²) >= 11 is 0. The van der Waals surface area contributed by atoms with Crippen molar-refractivity contribution in [2.45, 2.75) is 19.3 Å². The van der Waals surface area contributed by atoms with Crippen LogP contribution in [0.1, 0.15) is 19.3 Å². The van der Waals surface area contributed by atoms with Gasteiger partial charge in [0.2, 0.25) is 0 Å². The third-order valence-corrected chi connectivity index (χ3v) is 2.92. The molecule has 1 aromatic rings. The van der Waals surface area contributed by atoms with Crippen molar-refractivity contribution in [1.82, 2.24) is 4.90 Å². The molecule has 0 spiro atoms. The number of aromatic hydroxyl groups is 1. The van der Waals surface area contributed by atoms with Crippen LogP contribution in [0, 0.1) is 0 Å². The van der Waals surface area contributed by atoms with Crippen LogP contribution in [0.25, 0.3) is 0 Å². The van der Waals surface area contributed by atoms with Crippen molar-refractivity contribution in [3.63, 3.8) is 0 Å². The molecular formula is C13H19NO2. The third-order valence-electron chi connectivity index (χ3n) is 2.92. The fourth-order valence-electron chi connectivity index (χ4n) is 2.03. The Morgan fingerprint density at radius 3 is 2.50 bits per heavy atom. The van der Waals surface area contributed by atoms with Gasteiger partial charge in [-0.15, -0.1) is 0 Å². The summed E-state index contributed by atoms with van der Waals surface area (Å²) < 4.78 is 5.58. The van der Waals surface area contributed by atoms with Crippen LogP contribution in [0.15, 0.2) is 24.3 Å². The van der Waals surface area contributed by atoms with E-state index in [9.17, 15) is 0 Å². The van der Waals surface area contributed by atoms with E-state index in [0.29, 0.717) is 0 Å². The fourth-order valence-corrected chi connectivity index (χ4v) is 2.03. The molecule has 0 aromatic heterocycles. The maximum absolute atomic E-state index is 9.11. The van der Waals surface area contributed by atoms with E-state index in [-0.39, 0.29) is 5.75 Å². The predicted molar refractivity (Wildman–Crippen MR) is 63.9 cm³/mol. The van der Waals surface area contributed by atoms with Gasteiger partial charge in [-0.2, -0.15) is 0 Å². The number of ether oxygens (including phenoxy) is 1. The lowest BCUT2D eigenvalue weighted by atomic mass is 10.3. The van der Waals surface area contributed by atoms with Gasteiger partial charge in [0.25, 0.3) is 0 Å². The quantitative estimate of drug-likeness (QED) is 0.774. The zero-order valence-electron chi connectivity index (χ0n) is 9.56. The molecule has 1 aliphatic rings. The summed E-state index contributed by atoms with van der Waals surface area (Å²) in [6.07, 6.45) is 3.76. The van der Waals surface area contributed by atoms with E-state index in [1.54, 1.807) is 24.3 Å². The summed E-state index contributed by atoms with van der Waals surface area (Å²) in [6, 6.07) is 6.89. The largest absolute Gasteiger partial charge is 0.508 e. The summed E-state index contributed by atoms with van der Waals surface area (Å²) in [4.78, 5) is 2.49. The second kappa shape index (κ2) is 5.75. The summed E-state index contributed by atoms with van der Waals surface area (Å²) in [6.45, 7) is 4.39. The van der Waals surface area contributed by atoms with E-state index >= 15 is 0 Å². The minimum Gasteiger partial charge on any atom is -0.508 e. The molecule has 3 heteroatoms. The average molecular weight is 221 g/mol. The lowest BCUT2D eigenvalue weighted by Crippen LogP contribution is -2.21. The predicted octanol–water partition coefficient (Wildman–Crippen LogP) is 2.26. The van der Waals surface area contributed by atoms with Crippen molar-refractivity contribution < 1.29 is 9.84 Å². The molecule has 0 saturated carbocycles. The molecule has 1 saturated heterocycles. The van der Waals surface area contributed by atoms with Gasteiger partial charge in [-0.25, -0.2) is 0 Å². The maximum atomic E-state index is 9.11. The number of benzene rings is 1. The van der Waals surface area contributed by atoms with Gasteiger partial charge in [-0.05, 0) is 56.6 Å². The summed E-state index contributed by atoms with van der Waals surface area (Å²) in [5.41, 5.74) is 0. The van der Waals surface area contributed by atoms with Gasteiger partial charge in [0, 0.05) is 6.54 Å². The first-order chi connectivity index (χ1) is 7.84. The minimum atomic E-state index is 0.282. The van der Waals surface area contributed by atoms with Crippen molar-refractivity contribution in [2.24, 2.45) is 0 Å². The normalized spacial score (nSPS) is 16.5. The Hall–Kier alpha value is -1.22. The Kier molecular flexibility index (Phi) is 4.05. The Labute approximate surface area is 96.6 Å². The third kappa shape index (κ3) is 3.42. The van der Waals surface area contributed by atoms with Crippen LogP contribution in [0.3, 0.4) is 0 Å². The van der Waals surface area contributed by atoms with E-state index in [4.69, 9.17) is 9.84 Å². The van der Waals surface area contributed by atoms with Gasteiger partial charge in [0.05, 0.1) is 6.61 Å². The molecule has 1 aromatic carbocycles. The molecule has 0 radical (unpaired) electrons. The number of rotatable bonds is 5. The molecule has 0 aliphatic carbocycles. The van der Waals surface area contributed by atoms with E-state index in [1.807, 2.05) is 0 Å². The first kappa shape index (κ1) is 11.3. The molecule has 0 unspecified atom stereocenters. The molecule has 16 heavy (non-hydrogen) atoms. The number of phenols is 1. The summed E-state index contributed by atoms with van der Waals surface area (Å²) in [5.74, 6) is 1.11. The highest BCUT2D eigenvalue weighted by atomic mass is 16.5. The van der Waals surface area contributed by atoms with Gasteiger partial charge >= 0.3 is 0 Å². The zero-order valence-corrected chi connectivity index (χ0v) is 9.56. The van der Waals surface area contributed by atoms with Gasteiger partial charge < -0.3 is 14.7 Å². The van der Waals surface area contributed by atoms with E-state index in [2.05, 4.69) is 4.90 Å². The van der Waals surface area contributed by atoms with E-state index < -0.39 is 0 Å². The smallest absolute Gasteiger partial charge is 0.119 e. The number of hydrogen-bond donors (Lipinski definition) is 1. The Balaban J connectivity index is 1.62. The van der Waals surface area contributed by atoms with Crippen molar-refractivity contribution >= 4 is 0 Å². The number of phenolic OH excluding ortho intramolecular Hbond substituents is 1. The van der Waals surface area contributed by atoms with Crippen molar-refractivity contribution in [3.05, 3.63) is 24.3 Å². The van der Waals surface area contributed by atoms with Crippen molar-refractivity contribution in [1.29, 1.82) is 0 Å². The monoisotopic (exact) mass is 221 g/mol. The van der Waals surface area contributed by atoms with Crippen LogP contribution in [-0.2, 0) is 0 Å². The molecule has 1 fully saturated rings. The van der Waals surface area contributed by atoms with Crippen molar-refractivity contribution in [2.75, 3.05) is 26.2 Å². The van der Waals surface area contributed by atoms with Gasteiger partial charge in [0.15, 0.2) is 0 Å². The standard InChI is InChI=1S/C13H19NO2/c15-12-4-6-13(7-5-12)16-11-3-10-14-8-1-2-9-14/h4-7,15H,1-3,8-11H2. The minimum absolute atomic E-state index is 0.282. The summed E-state index contributed by atoms with van der Waals surface area (Å²) in [5, 5.41) is 9.11. The van der Waals surface area contributed by atoms with E-state index in [0.717, 1.165) is 25.3 Å². The molecular weight excluding hydrogens is 202 g/mol. The van der Waals surface area contributed by atoms with Crippen LogP contribution in [0.5, 0.6) is 11.5 Å². The highest BCUT2D eigenvalue weighted by molar-refractivity contribution is 5.29. The van der Waals surface area contributed by atoms with Crippen LogP contribution in [-0.4, -0.2) is 36.2 Å². The van der Waals surface area contributed by atoms with Crippen LogP contribution in [0.2, 0.25) is 0 Å². The second-order valence-electron chi connectivity index (χ2n) is 4.24. The molecule has 88 valence electrons. The second-order valence-corrected chi connectivity index (χ2v) is 4.24. The SMILES string of the molecule is Oc1ccc(OCCCN2CCCC2)cc1. The Morgan fingerprint density at radius 1 is 1.12 bits per heavy atom. The van der Waals surface area contributed by atoms with Gasteiger partial charge in [0.1, 0.15) is 11.5 Å². The first-order valence-corrected chi connectivity index (χ1v) is 5.99. The first-order valence-electron chi connectivity index (χ1n) is 5.99. The molecule has 1 heterocycles. The summed E-state index contributed by atoms with van der Waals surface area (Å²) in [7, 11) is 0. The Bertz CT molecular complexity index is 304. The van der Waals surface area contributed by atoms with Gasteiger partial charge in [-0.1, -0.05) is 0 Å². The van der Waals surface area contributed by atoms with Crippen molar-refractivity contribution in [3.8, 4) is 11.5 Å². The molecule has 1 aliphatic heterocycles. The molecule has 2 rings (SSSR count). The molecule has 1 N–H and O–H groups in total. The molecule has 0 amide bonds. The molecule has 3 nitrogen and oxygen atoms in total.